The highest BCUT2D eigenvalue weighted by Gasteiger charge is 2.25. The van der Waals surface area contributed by atoms with Crippen LogP contribution in [-0.2, 0) is 16.1 Å². The molecule has 2 amide bonds. The first kappa shape index (κ1) is 22.2. The van der Waals surface area contributed by atoms with E-state index in [1.165, 1.54) is 31.2 Å². The molecule has 1 aromatic heterocycles. The van der Waals surface area contributed by atoms with Crippen molar-refractivity contribution in [3.63, 3.8) is 0 Å². The topological polar surface area (TPSA) is 112 Å². The number of rotatable bonds is 8. The van der Waals surface area contributed by atoms with Crippen molar-refractivity contribution < 1.29 is 19.1 Å². The minimum absolute atomic E-state index is 0.0417. The maximum atomic E-state index is 12.8. The summed E-state index contributed by atoms with van der Waals surface area (Å²) in [7, 11) is 2.97. The minimum Gasteiger partial charge on any atom is -0.493 e. The smallest absolute Gasteiger partial charge is 0.261 e. The number of amides is 2. The van der Waals surface area contributed by atoms with Gasteiger partial charge in [-0.05, 0) is 25.8 Å². The highest BCUT2D eigenvalue weighted by Crippen LogP contribution is 2.29. The largest absolute Gasteiger partial charge is 0.493 e. The van der Waals surface area contributed by atoms with E-state index in [0.717, 1.165) is 0 Å². The van der Waals surface area contributed by atoms with E-state index < -0.39 is 11.9 Å². The van der Waals surface area contributed by atoms with Gasteiger partial charge in [-0.3, -0.25) is 19.0 Å². The molecule has 0 spiro atoms. The fourth-order valence-corrected chi connectivity index (χ4v) is 2.88. The molecule has 2 N–H and O–H groups in total. The normalized spacial score (nSPS) is 12.1. The van der Waals surface area contributed by atoms with Crippen LogP contribution in [0.5, 0.6) is 11.5 Å². The zero-order chi connectivity index (χ0) is 21.7. The zero-order valence-electron chi connectivity index (χ0n) is 17.6. The van der Waals surface area contributed by atoms with Crippen molar-refractivity contribution in [1.29, 1.82) is 0 Å². The van der Waals surface area contributed by atoms with Gasteiger partial charge in [0.15, 0.2) is 11.5 Å². The molecule has 29 heavy (non-hydrogen) atoms. The van der Waals surface area contributed by atoms with E-state index >= 15 is 0 Å². The lowest BCUT2D eigenvalue weighted by molar-refractivity contribution is -0.130. The first-order valence-corrected chi connectivity index (χ1v) is 9.38. The van der Waals surface area contributed by atoms with E-state index in [2.05, 4.69) is 15.6 Å². The van der Waals surface area contributed by atoms with Crippen LogP contribution in [0.15, 0.2) is 23.3 Å². The monoisotopic (exact) mass is 404 g/mol. The quantitative estimate of drug-likeness (QED) is 0.681. The fraction of sp³-hybridized carbons (Fsp3) is 0.500. The molecule has 1 heterocycles. The number of carbonyl (C=O) groups is 2. The second kappa shape index (κ2) is 9.40. The summed E-state index contributed by atoms with van der Waals surface area (Å²) in [6.07, 6.45) is 1.30. The highest BCUT2D eigenvalue weighted by molar-refractivity contribution is 5.88. The number of benzene rings is 1. The van der Waals surface area contributed by atoms with Crippen molar-refractivity contribution in [2.24, 2.45) is 5.92 Å². The Morgan fingerprint density at radius 3 is 2.24 bits per heavy atom. The summed E-state index contributed by atoms with van der Waals surface area (Å²) in [4.78, 5) is 41.9. The summed E-state index contributed by atoms with van der Waals surface area (Å²) >= 11 is 0. The first-order chi connectivity index (χ1) is 13.7. The number of methoxy groups -OCH3 is 2. The van der Waals surface area contributed by atoms with Crippen LogP contribution in [0, 0.1) is 5.92 Å². The Balaban J connectivity index is 2.26. The highest BCUT2D eigenvalue weighted by atomic mass is 16.5. The number of nitrogens with zero attached hydrogens (tertiary/aromatic N) is 2. The van der Waals surface area contributed by atoms with Crippen LogP contribution in [0.3, 0.4) is 0 Å². The molecule has 0 saturated carbocycles. The van der Waals surface area contributed by atoms with Gasteiger partial charge in [-0.25, -0.2) is 4.98 Å². The SMILES string of the molecule is COc1cc2ncn(CC(=O)N[C@@H](C(=O)NC(C)C)C(C)C)c(=O)c2cc1OC. The molecular formula is C20H28N4O5. The Labute approximate surface area is 169 Å². The number of carbonyl (C=O) groups excluding carboxylic acids is 2. The minimum atomic E-state index is -0.696. The summed E-state index contributed by atoms with van der Waals surface area (Å²) < 4.78 is 11.6. The summed E-state index contributed by atoms with van der Waals surface area (Å²) in [5.41, 5.74) is 0.0412. The van der Waals surface area contributed by atoms with E-state index in [9.17, 15) is 14.4 Å². The molecule has 0 unspecified atom stereocenters. The fourth-order valence-electron chi connectivity index (χ4n) is 2.88. The Morgan fingerprint density at radius 2 is 1.69 bits per heavy atom. The van der Waals surface area contributed by atoms with Crippen LogP contribution in [0.2, 0.25) is 0 Å². The molecular weight excluding hydrogens is 376 g/mol. The number of aromatic nitrogens is 2. The van der Waals surface area contributed by atoms with Crippen molar-refractivity contribution in [2.75, 3.05) is 14.2 Å². The maximum absolute atomic E-state index is 12.8. The Hall–Kier alpha value is -3.10. The van der Waals surface area contributed by atoms with Gasteiger partial charge in [-0.1, -0.05) is 13.8 Å². The lowest BCUT2D eigenvalue weighted by Gasteiger charge is -2.23. The molecule has 0 aliphatic carbocycles. The molecule has 0 aliphatic heterocycles. The summed E-state index contributed by atoms with van der Waals surface area (Å²) in [5.74, 6) is 0.0287. The van der Waals surface area contributed by atoms with Crippen LogP contribution in [0.25, 0.3) is 10.9 Å². The average Bonchev–Trinajstić information content (AvgIpc) is 2.66. The van der Waals surface area contributed by atoms with Crippen molar-refractivity contribution >= 4 is 22.7 Å². The predicted molar refractivity (Wildman–Crippen MR) is 109 cm³/mol. The second-order valence-electron chi connectivity index (χ2n) is 7.35. The molecule has 0 bridgehead atoms. The van der Waals surface area contributed by atoms with Crippen LogP contribution >= 0.6 is 0 Å². The van der Waals surface area contributed by atoms with E-state index in [1.54, 1.807) is 6.07 Å². The van der Waals surface area contributed by atoms with Gasteiger partial charge in [0.1, 0.15) is 12.6 Å². The van der Waals surface area contributed by atoms with Crippen LogP contribution in [-0.4, -0.2) is 47.7 Å². The lowest BCUT2D eigenvalue weighted by atomic mass is 10.0. The van der Waals surface area contributed by atoms with E-state index in [1.807, 2.05) is 27.7 Å². The number of ether oxygens (including phenoxy) is 2. The third-order valence-electron chi connectivity index (χ3n) is 4.34. The lowest BCUT2D eigenvalue weighted by Crippen LogP contribution is -2.52. The molecule has 2 aromatic rings. The summed E-state index contributed by atoms with van der Waals surface area (Å²) in [6, 6.07) is 2.40. The second-order valence-corrected chi connectivity index (χ2v) is 7.35. The number of hydrogen-bond donors (Lipinski definition) is 2. The number of nitrogens with one attached hydrogen (secondary N) is 2. The standard InChI is InChI=1S/C20H28N4O5/c1-11(2)18(19(26)22-12(3)4)23-17(25)9-24-10-21-14-8-16(29-6)15(28-5)7-13(14)20(24)27/h7-8,10-12,18H,9H2,1-6H3,(H,22,26)(H,23,25)/t18-/m1/s1. The molecule has 9 heteroatoms. The Morgan fingerprint density at radius 1 is 1.07 bits per heavy atom. The van der Waals surface area contributed by atoms with Gasteiger partial charge in [-0.2, -0.15) is 0 Å². The van der Waals surface area contributed by atoms with Crippen LogP contribution < -0.4 is 25.7 Å². The molecule has 9 nitrogen and oxygen atoms in total. The molecule has 2 rings (SSSR count). The molecule has 1 atom stereocenters. The van der Waals surface area contributed by atoms with Gasteiger partial charge < -0.3 is 20.1 Å². The van der Waals surface area contributed by atoms with Gasteiger partial charge in [0.2, 0.25) is 11.8 Å². The van der Waals surface area contributed by atoms with Crippen LogP contribution in [0.1, 0.15) is 27.7 Å². The number of hydrogen-bond acceptors (Lipinski definition) is 6. The predicted octanol–water partition coefficient (Wildman–Crippen LogP) is 1.08. The van der Waals surface area contributed by atoms with Crippen molar-refractivity contribution in [1.82, 2.24) is 20.2 Å². The average molecular weight is 404 g/mol. The van der Waals surface area contributed by atoms with E-state index in [-0.39, 0.29) is 30.0 Å². The van der Waals surface area contributed by atoms with Gasteiger partial charge in [0.05, 0.1) is 31.4 Å². The van der Waals surface area contributed by atoms with Crippen molar-refractivity contribution in [3.8, 4) is 11.5 Å². The van der Waals surface area contributed by atoms with Crippen molar-refractivity contribution in [2.45, 2.75) is 46.3 Å². The third-order valence-corrected chi connectivity index (χ3v) is 4.34. The number of fused-ring (bicyclic) bond motifs is 1. The van der Waals surface area contributed by atoms with Gasteiger partial charge in [-0.15, -0.1) is 0 Å². The molecule has 0 aliphatic rings. The molecule has 158 valence electrons. The molecule has 0 fully saturated rings. The zero-order valence-corrected chi connectivity index (χ0v) is 17.6. The van der Waals surface area contributed by atoms with Gasteiger partial charge >= 0.3 is 0 Å². The Kier molecular flexibility index (Phi) is 7.19. The van der Waals surface area contributed by atoms with Gasteiger partial charge in [0.25, 0.3) is 5.56 Å². The van der Waals surface area contributed by atoms with Crippen molar-refractivity contribution in [3.05, 3.63) is 28.8 Å². The first-order valence-electron chi connectivity index (χ1n) is 9.38. The molecule has 0 radical (unpaired) electrons. The molecule has 0 saturated heterocycles. The summed E-state index contributed by atoms with van der Waals surface area (Å²) in [5, 5.41) is 5.80. The maximum Gasteiger partial charge on any atom is 0.261 e. The van der Waals surface area contributed by atoms with Gasteiger partial charge in [0, 0.05) is 12.1 Å². The van der Waals surface area contributed by atoms with E-state index in [0.29, 0.717) is 22.4 Å². The Bertz CT molecular complexity index is 952. The third kappa shape index (κ3) is 5.24. The van der Waals surface area contributed by atoms with Crippen LogP contribution in [0.4, 0.5) is 0 Å². The summed E-state index contributed by atoms with van der Waals surface area (Å²) in [6.45, 7) is 7.12. The molecule has 1 aromatic carbocycles. The van der Waals surface area contributed by atoms with E-state index in [4.69, 9.17) is 9.47 Å².